The molecule has 1 amide bonds. The van der Waals surface area contributed by atoms with Crippen molar-refractivity contribution in [2.75, 3.05) is 17.8 Å². The zero-order valence-corrected chi connectivity index (χ0v) is 12.0. The molecule has 6 nitrogen and oxygen atoms in total. The molecule has 0 bridgehead atoms. The maximum Gasteiger partial charge on any atom is 0.228 e. The second kappa shape index (κ2) is 4.71. The molecule has 0 radical (unpaired) electrons. The molecule has 2 heterocycles. The number of aliphatic hydroxyl groups excluding tert-OH is 1. The molecule has 2 aliphatic rings. The number of aliphatic hydroxyl groups is 1. The molecule has 20 heavy (non-hydrogen) atoms. The van der Waals surface area contributed by atoms with Crippen LogP contribution < -0.4 is 10.7 Å². The van der Waals surface area contributed by atoms with Gasteiger partial charge in [0, 0.05) is 18.5 Å². The van der Waals surface area contributed by atoms with Crippen LogP contribution in [0.1, 0.15) is 50.0 Å². The van der Waals surface area contributed by atoms with Gasteiger partial charge in [-0.05, 0) is 30.4 Å². The number of hydrogen-bond donors (Lipinski definition) is 3. The number of carbonyl (C=O) groups is 1. The van der Waals surface area contributed by atoms with Crippen LogP contribution in [0, 0.1) is 5.92 Å². The SMILES string of the molecule is CC(C)c1cc(NC(=O)C2CC2)nc2c1C(O)N(C)N2. The zero-order chi connectivity index (χ0) is 14.4. The van der Waals surface area contributed by atoms with Gasteiger partial charge >= 0.3 is 0 Å². The summed E-state index contributed by atoms with van der Waals surface area (Å²) >= 11 is 0. The Balaban J connectivity index is 1.95. The standard InChI is InChI=1S/C14H20N4O2/c1-7(2)9-6-10(16-13(19)8-4-5-8)15-12-11(9)14(20)18(3)17-12/h6-8,14,20H,4-5H2,1-3H3,(H2,15,16,17,19). The van der Waals surface area contributed by atoms with Crippen LogP contribution in [-0.2, 0) is 4.79 Å². The Morgan fingerprint density at radius 1 is 1.55 bits per heavy atom. The minimum atomic E-state index is -0.705. The molecule has 1 aromatic heterocycles. The third kappa shape index (κ3) is 2.25. The van der Waals surface area contributed by atoms with E-state index in [-0.39, 0.29) is 17.7 Å². The highest BCUT2D eigenvalue weighted by molar-refractivity contribution is 5.93. The summed E-state index contributed by atoms with van der Waals surface area (Å²) in [6.45, 7) is 4.13. The highest BCUT2D eigenvalue weighted by Gasteiger charge is 2.33. The monoisotopic (exact) mass is 276 g/mol. The number of nitrogens with one attached hydrogen (secondary N) is 2. The molecule has 3 rings (SSSR count). The fourth-order valence-corrected chi connectivity index (χ4v) is 2.47. The molecule has 0 saturated heterocycles. The van der Waals surface area contributed by atoms with Gasteiger partial charge in [0.15, 0.2) is 6.23 Å². The van der Waals surface area contributed by atoms with Crippen molar-refractivity contribution in [1.29, 1.82) is 0 Å². The van der Waals surface area contributed by atoms with E-state index in [9.17, 15) is 9.90 Å². The van der Waals surface area contributed by atoms with Gasteiger partial charge < -0.3 is 15.8 Å². The highest BCUT2D eigenvalue weighted by atomic mass is 16.3. The van der Waals surface area contributed by atoms with Crippen LogP contribution in [0.3, 0.4) is 0 Å². The van der Waals surface area contributed by atoms with Gasteiger partial charge in [0.25, 0.3) is 0 Å². The van der Waals surface area contributed by atoms with Crippen molar-refractivity contribution in [1.82, 2.24) is 9.99 Å². The number of hydrazine groups is 1. The van der Waals surface area contributed by atoms with Gasteiger partial charge in [0.2, 0.25) is 5.91 Å². The number of amides is 1. The van der Waals surface area contributed by atoms with Crippen LogP contribution in [0.4, 0.5) is 11.6 Å². The quantitative estimate of drug-likeness (QED) is 0.785. The number of fused-ring (bicyclic) bond motifs is 1. The Labute approximate surface area is 118 Å². The summed E-state index contributed by atoms with van der Waals surface area (Å²) in [6, 6.07) is 1.87. The fraction of sp³-hybridized carbons (Fsp3) is 0.571. The van der Waals surface area contributed by atoms with E-state index in [2.05, 4.69) is 29.6 Å². The van der Waals surface area contributed by atoms with Crippen molar-refractivity contribution < 1.29 is 9.90 Å². The molecule has 1 aromatic rings. The lowest BCUT2D eigenvalue weighted by Crippen LogP contribution is -2.22. The molecule has 3 N–H and O–H groups in total. The average Bonchev–Trinajstić information content (AvgIpc) is 3.17. The van der Waals surface area contributed by atoms with Crippen molar-refractivity contribution in [3.63, 3.8) is 0 Å². The number of hydrogen-bond acceptors (Lipinski definition) is 5. The van der Waals surface area contributed by atoms with E-state index in [1.807, 2.05) is 6.07 Å². The Morgan fingerprint density at radius 2 is 2.25 bits per heavy atom. The smallest absolute Gasteiger partial charge is 0.228 e. The summed E-state index contributed by atoms with van der Waals surface area (Å²) in [7, 11) is 1.76. The summed E-state index contributed by atoms with van der Waals surface area (Å²) in [5.41, 5.74) is 4.82. The molecule has 1 saturated carbocycles. The molecule has 1 aliphatic carbocycles. The highest BCUT2D eigenvalue weighted by Crippen LogP contribution is 2.38. The minimum Gasteiger partial charge on any atom is -0.372 e. The van der Waals surface area contributed by atoms with E-state index < -0.39 is 6.23 Å². The lowest BCUT2D eigenvalue weighted by molar-refractivity contribution is -0.117. The predicted molar refractivity (Wildman–Crippen MR) is 76.0 cm³/mol. The Bertz CT molecular complexity index is 554. The van der Waals surface area contributed by atoms with Crippen LogP contribution in [-0.4, -0.2) is 28.1 Å². The molecule has 1 unspecified atom stereocenters. The van der Waals surface area contributed by atoms with E-state index in [1.54, 1.807) is 12.1 Å². The van der Waals surface area contributed by atoms with Gasteiger partial charge in [0.1, 0.15) is 11.6 Å². The molecule has 0 aromatic carbocycles. The number of pyridine rings is 1. The van der Waals surface area contributed by atoms with Crippen molar-refractivity contribution in [3.05, 3.63) is 17.2 Å². The average molecular weight is 276 g/mol. The van der Waals surface area contributed by atoms with Gasteiger partial charge in [0.05, 0.1) is 0 Å². The maximum atomic E-state index is 11.9. The third-order valence-corrected chi connectivity index (χ3v) is 3.82. The van der Waals surface area contributed by atoms with Crippen molar-refractivity contribution in [2.24, 2.45) is 5.92 Å². The lowest BCUT2D eigenvalue weighted by Gasteiger charge is -2.16. The third-order valence-electron chi connectivity index (χ3n) is 3.82. The molecule has 6 heteroatoms. The first-order valence-electron chi connectivity index (χ1n) is 7.00. The first kappa shape index (κ1) is 13.3. The lowest BCUT2D eigenvalue weighted by atomic mass is 9.97. The van der Waals surface area contributed by atoms with Crippen LogP contribution in [0.5, 0.6) is 0 Å². The second-order valence-electron chi connectivity index (χ2n) is 5.87. The second-order valence-corrected chi connectivity index (χ2v) is 5.87. The molecule has 1 fully saturated rings. The van der Waals surface area contributed by atoms with Crippen molar-refractivity contribution >= 4 is 17.5 Å². The maximum absolute atomic E-state index is 11.9. The van der Waals surface area contributed by atoms with Crippen LogP contribution in [0.25, 0.3) is 0 Å². The number of carbonyl (C=O) groups excluding carboxylic acids is 1. The molecule has 108 valence electrons. The summed E-state index contributed by atoms with van der Waals surface area (Å²) in [4.78, 5) is 16.3. The zero-order valence-electron chi connectivity index (χ0n) is 12.0. The summed E-state index contributed by atoms with van der Waals surface area (Å²) < 4.78 is 0. The summed E-state index contributed by atoms with van der Waals surface area (Å²) in [5.74, 6) is 1.61. The molecular formula is C14H20N4O2. The van der Waals surface area contributed by atoms with E-state index in [1.165, 1.54) is 0 Å². The topological polar surface area (TPSA) is 77.5 Å². The van der Waals surface area contributed by atoms with E-state index in [0.717, 1.165) is 24.0 Å². The Hall–Kier alpha value is -1.66. The fourth-order valence-electron chi connectivity index (χ4n) is 2.47. The number of rotatable bonds is 3. The van der Waals surface area contributed by atoms with Crippen LogP contribution in [0.15, 0.2) is 6.07 Å². The Morgan fingerprint density at radius 3 is 2.85 bits per heavy atom. The Kier molecular flexibility index (Phi) is 3.14. The minimum absolute atomic E-state index is 0.0408. The molecular weight excluding hydrogens is 256 g/mol. The summed E-state index contributed by atoms with van der Waals surface area (Å²) in [6.07, 6.45) is 1.23. The number of nitrogens with zero attached hydrogens (tertiary/aromatic N) is 2. The van der Waals surface area contributed by atoms with E-state index in [0.29, 0.717) is 11.6 Å². The number of anilines is 2. The predicted octanol–water partition coefficient (Wildman–Crippen LogP) is 1.82. The number of aromatic nitrogens is 1. The van der Waals surface area contributed by atoms with Gasteiger partial charge in [-0.15, -0.1) is 0 Å². The normalized spacial score (nSPS) is 21.8. The molecule has 1 atom stereocenters. The molecule has 0 spiro atoms. The van der Waals surface area contributed by atoms with E-state index >= 15 is 0 Å². The van der Waals surface area contributed by atoms with Crippen LogP contribution >= 0.6 is 0 Å². The van der Waals surface area contributed by atoms with Gasteiger partial charge in [-0.25, -0.2) is 4.98 Å². The van der Waals surface area contributed by atoms with Gasteiger partial charge in [-0.2, -0.15) is 5.01 Å². The first-order valence-corrected chi connectivity index (χ1v) is 7.00. The van der Waals surface area contributed by atoms with Crippen molar-refractivity contribution in [2.45, 2.75) is 38.8 Å². The largest absolute Gasteiger partial charge is 0.372 e. The van der Waals surface area contributed by atoms with Crippen molar-refractivity contribution in [3.8, 4) is 0 Å². The molecule has 1 aliphatic heterocycles. The van der Waals surface area contributed by atoms with E-state index in [4.69, 9.17) is 0 Å². The van der Waals surface area contributed by atoms with Gasteiger partial charge in [-0.3, -0.25) is 4.79 Å². The van der Waals surface area contributed by atoms with Gasteiger partial charge in [-0.1, -0.05) is 13.8 Å². The van der Waals surface area contributed by atoms with Crippen LogP contribution in [0.2, 0.25) is 0 Å². The first-order chi connectivity index (χ1) is 9.47. The summed E-state index contributed by atoms with van der Waals surface area (Å²) in [5, 5.41) is 14.7.